The van der Waals surface area contributed by atoms with Crippen molar-refractivity contribution in [1.82, 2.24) is 0 Å². The highest BCUT2D eigenvalue weighted by atomic mass is 79.9. The van der Waals surface area contributed by atoms with E-state index in [4.69, 9.17) is 4.74 Å². The van der Waals surface area contributed by atoms with Crippen molar-refractivity contribution in [3.63, 3.8) is 0 Å². The molecule has 34 heavy (non-hydrogen) atoms. The SMILES string of the molecule is Cc1cccc(NC(=O)/C(C#N)=C/c2ccc(OCC(=O)Nc3cccc(C)c3C)c(Br)c2)c1. The van der Waals surface area contributed by atoms with Crippen LogP contribution >= 0.6 is 15.9 Å². The van der Waals surface area contributed by atoms with Crippen LogP contribution in [0.4, 0.5) is 11.4 Å². The highest BCUT2D eigenvalue weighted by molar-refractivity contribution is 9.10. The molecule has 7 heteroatoms. The van der Waals surface area contributed by atoms with Gasteiger partial charge in [0.15, 0.2) is 6.61 Å². The number of carbonyl (C=O) groups excluding carboxylic acids is 2. The average Bonchev–Trinajstić information content (AvgIpc) is 2.80. The van der Waals surface area contributed by atoms with Gasteiger partial charge in [-0.1, -0.05) is 30.3 Å². The Balaban J connectivity index is 1.64. The van der Waals surface area contributed by atoms with E-state index in [1.807, 2.05) is 63.2 Å². The fourth-order valence-corrected chi connectivity index (χ4v) is 3.69. The highest BCUT2D eigenvalue weighted by Gasteiger charge is 2.12. The Morgan fingerprint density at radius 1 is 1.03 bits per heavy atom. The van der Waals surface area contributed by atoms with Crippen LogP contribution < -0.4 is 15.4 Å². The first kappa shape index (κ1) is 24.7. The minimum atomic E-state index is -0.493. The summed E-state index contributed by atoms with van der Waals surface area (Å²) in [5, 5.41) is 15.0. The standard InChI is InChI=1S/C27H24BrN3O3/c1-17-6-4-8-22(12-17)30-27(33)21(15-29)13-20-10-11-25(23(28)14-20)34-16-26(32)31-24-9-5-7-18(2)19(24)3/h4-14H,16H2,1-3H3,(H,30,33)(H,31,32)/b21-13+. The number of hydrogen-bond acceptors (Lipinski definition) is 4. The summed E-state index contributed by atoms with van der Waals surface area (Å²) < 4.78 is 6.24. The second-order valence-electron chi connectivity index (χ2n) is 7.77. The van der Waals surface area contributed by atoms with Gasteiger partial charge < -0.3 is 15.4 Å². The summed E-state index contributed by atoms with van der Waals surface area (Å²) in [7, 11) is 0. The third-order valence-electron chi connectivity index (χ3n) is 5.15. The molecule has 0 aliphatic rings. The zero-order valence-corrected chi connectivity index (χ0v) is 20.7. The van der Waals surface area contributed by atoms with Crippen molar-refractivity contribution < 1.29 is 14.3 Å². The van der Waals surface area contributed by atoms with Gasteiger partial charge in [-0.25, -0.2) is 0 Å². The van der Waals surface area contributed by atoms with Crippen LogP contribution in [0.5, 0.6) is 5.75 Å². The third kappa shape index (κ3) is 6.56. The highest BCUT2D eigenvalue weighted by Crippen LogP contribution is 2.27. The molecule has 0 unspecified atom stereocenters. The molecule has 172 valence electrons. The summed E-state index contributed by atoms with van der Waals surface area (Å²) in [6.45, 7) is 5.69. The Morgan fingerprint density at radius 3 is 2.50 bits per heavy atom. The molecule has 0 atom stereocenters. The quantitative estimate of drug-likeness (QED) is 0.299. The molecule has 3 aromatic carbocycles. The Labute approximate surface area is 207 Å². The van der Waals surface area contributed by atoms with Gasteiger partial charge in [0.2, 0.25) is 0 Å². The largest absolute Gasteiger partial charge is 0.483 e. The molecule has 0 aromatic heterocycles. The molecule has 0 radical (unpaired) electrons. The number of nitrogens with zero attached hydrogens (tertiary/aromatic N) is 1. The fraction of sp³-hybridized carbons (Fsp3) is 0.148. The number of halogens is 1. The van der Waals surface area contributed by atoms with E-state index in [9.17, 15) is 14.9 Å². The number of amides is 2. The monoisotopic (exact) mass is 517 g/mol. The van der Waals surface area contributed by atoms with Crippen LogP contribution in [0.15, 0.2) is 70.7 Å². The van der Waals surface area contributed by atoms with E-state index in [0.29, 0.717) is 21.5 Å². The molecule has 3 aromatic rings. The van der Waals surface area contributed by atoms with Crippen molar-refractivity contribution in [3.8, 4) is 11.8 Å². The molecule has 2 amide bonds. The molecule has 6 nitrogen and oxygen atoms in total. The smallest absolute Gasteiger partial charge is 0.266 e. The van der Waals surface area contributed by atoms with Gasteiger partial charge in [-0.2, -0.15) is 5.26 Å². The predicted molar refractivity (Wildman–Crippen MR) is 138 cm³/mol. The number of ether oxygens (including phenoxy) is 1. The van der Waals surface area contributed by atoms with Gasteiger partial charge in [-0.3, -0.25) is 9.59 Å². The lowest BCUT2D eigenvalue weighted by Gasteiger charge is -2.12. The maximum absolute atomic E-state index is 12.5. The molecule has 0 saturated carbocycles. The molecular weight excluding hydrogens is 494 g/mol. The van der Waals surface area contributed by atoms with Crippen LogP contribution in [-0.4, -0.2) is 18.4 Å². The first-order chi connectivity index (χ1) is 16.3. The minimum Gasteiger partial charge on any atom is -0.483 e. The number of nitriles is 1. The topological polar surface area (TPSA) is 91.2 Å². The van der Waals surface area contributed by atoms with E-state index in [-0.39, 0.29) is 18.1 Å². The molecule has 0 spiro atoms. The fourth-order valence-electron chi connectivity index (χ4n) is 3.18. The Bertz CT molecular complexity index is 1310. The van der Waals surface area contributed by atoms with Crippen molar-refractivity contribution in [2.75, 3.05) is 17.2 Å². The van der Waals surface area contributed by atoms with E-state index in [0.717, 1.165) is 22.4 Å². The molecular formula is C27H24BrN3O3. The van der Waals surface area contributed by atoms with Crippen molar-refractivity contribution in [2.24, 2.45) is 0 Å². The van der Waals surface area contributed by atoms with Crippen LogP contribution in [0.1, 0.15) is 22.3 Å². The van der Waals surface area contributed by atoms with E-state index in [1.54, 1.807) is 24.3 Å². The Hall–Kier alpha value is -3.89. The summed E-state index contributed by atoms with van der Waals surface area (Å²) in [6, 6.07) is 20.1. The number of carbonyl (C=O) groups is 2. The predicted octanol–water partition coefficient (Wildman–Crippen LogP) is 5.94. The van der Waals surface area contributed by atoms with Gasteiger partial charge >= 0.3 is 0 Å². The molecule has 2 N–H and O–H groups in total. The lowest BCUT2D eigenvalue weighted by Crippen LogP contribution is -2.20. The zero-order valence-electron chi connectivity index (χ0n) is 19.1. The maximum Gasteiger partial charge on any atom is 0.266 e. The minimum absolute atomic E-state index is 0.0324. The van der Waals surface area contributed by atoms with E-state index >= 15 is 0 Å². The molecule has 0 aliphatic heterocycles. The van der Waals surface area contributed by atoms with Crippen LogP contribution in [0.2, 0.25) is 0 Å². The summed E-state index contributed by atoms with van der Waals surface area (Å²) >= 11 is 3.43. The number of anilines is 2. The molecule has 0 fully saturated rings. The van der Waals surface area contributed by atoms with E-state index in [1.165, 1.54) is 6.08 Å². The van der Waals surface area contributed by atoms with Gasteiger partial charge in [0.1, 0.15) is 17.4 Å². The van der Waals surface area contributed by atoms with Gasteiger partial charge in [-0.15, -0.1) is 0 Å². The number of rotatable bonds is 7. The van der Waals surface area contributed by atoms with Crippen molar-refractivity contribution >= 4 is 45.2 Å². The van der Waals surface area contributed by atoms with Crippen molar-refractivity contribution in [2.45, 2.75) is 20.8 Å². The average molecular weight is 518 g/mol. The molecule has 0 aliphatic carbocycles. The zero-order chi connectivity index (χ0) is 24.7. The maximum atomic E-state index is 12.5. The van der Waals surface area contributed by atoms with E-state index < -0.39 is 5.91 Å². The van der Waals surface area contributed by atoms with Gasteiger partial charge in [0.05, 0.1) is 4.47 Å². The lowest BCUT2D eigenvalue weighted by atomic mass is 10.1. The van der Waals surface area contributed by atoms with E-state index in [2.05, 4.69) is 26.6 Å². The first-order valence-electron chi connectivity index (χ1n) is 10.5. The van der Waals surface area contributed by atoms with Gasteiger partial charge in [-0.05, 0) is 95.4 Å². The molecule has 3 rings (SSSR count). The van der Waals surface area contributed by atoms with Crippen LogP contribution in [-0.2, 0) is 9.59 Å². The summed E-state index contributed by atoms with van der Waals surface area (Å²) in [5.74, 6) is -0.298. The lowest BCUT2D eigenvalue weighted by molar-refractivity contribution is -0.118. The number of nitrogens with one attached hydrogen (secondary N) is 2. The Kier molecular flexibility index (Phi) is 8.23. The van der Waals surface area contributed by atoms with Crippen molar-refractivity contribution in [3.05, 3.63) is 93.0 Å². The number of aryl methyl sites for hydroxylation is 2. The van der Waals surface area contributed by atoms with Crippen molar-refractivity contribution in [1.29, 1.82) is 5.26 Å². The summed E-state index contributed by atoms with van der Waals surface area (Å²) in [5.41, 5.74) is 5.08. The molecule has 0 saturated heterocycles. The molecule has 0 bridgehead atoms. The molecule has 0 heterocycles. The summed E-state index contributed by atoms with van der Waals surface area (Å²) in [4.78, 5) is 24.8. The van der Waals surface area contributed by atoms with Crippen LogP contribution in [0.3, 0.4) is 0 Å². The third-order valence-corrected chi connectivity index (χ3v) is 5.77. The van der Waals surface area contributed by atoms with Gasteiger partial charge in [0.25, 0.3) is 11.8 Å². The normalized spacial score (nSPS) is 10.9. The Morgan fingerprint density at radius 2 is 1.79 bits per heavy atom. The first-order valence-corrected chi connectivity index (χ1v) is 11.3. The van der Waals surface area contributed by atoms with Crippen LogP contribution in [0.25, 0.3) is 6.08 Å². The van der Waals surface area contributed by atoms with Crippen LogP contribution in [0, 0.1) is 32.1 Å². The number of benzene rings is 3. The second kappa shape index (κ2) is 11.3. The summed E-state index contributed by atoms with van der Waals surface area (Å²) in [6.07, 6.45) is 1.49. The van der Waals surface area contributed by atoms with Gasteiger partial charge in [0, 0.05) is 11.4 Å². The number of hydrogen-bond donors (Lipinski definition) is 2. The second-order valence-corrected chi connectivity index (χ2v) is 8.62.